The van der Waals surface area contributed by atoms with E-state index in [1.165, 1.54) is 0 Å². The highest BCUT2D eigenvalue weighted by atomic mass is 16.6. The van der Waals surface area contributed by atoms with Gasteiger partial charge in [0, 0.05) is 13.6 Å². The molecule has 0 radical (unpaired) electrons. The number of ether oxygens (including phenoxy) is 1. The lowest BCUT2D eigenvalue weighted by Crippen LogP contribution is -2.30. The highest BCUT2D eigenvalue weighted by Gasteiger charge is 2.26. The standard InChI is InChI=1S/C18H25NO4/c1-19(18(22)23-13-15-5-3-2-4-6-15)12-11-14-7-9-16(10-8-14)17(20)21/h2-6,14,16H,7-13H2,1H3,(H,20,21). The monoisotopic (exact) mass is 319 g/mol. The highest BCUT2D eigenvalue weighted by molar-refractivity contribution is 5.70. The molecule has 0 bridgehead atoms. The van der Waals surface area contributed by atoms with Gasteiger partial charge < -0.3 is 14.7 Å². The number of nitrogens with zero attached hydrogens (tertiary/aromatic N) is 1. The van der Waals surface area contributed by atoms with Crippen LogP contribution in [0.3, 0.4) is 0 Å². The summed E-state index contributed by atoms with van der Waals surface area (Å²) in [6.45, 7) is 0.934. The normalized spacial score (nSPS) is 20.7. The Kier molecular flexibility index (Phi) is 6.44. The number of rotatable bonds is 6. The van der Waals surface area contributed by atoms with Crippen molar-refractivity contribution in [1.82, 2.24) is 4.90 Å². The van der Waals surface area contributed by atoms with Crippen molar-refractivity contribution in [2.45, 2.75) is 38.7 Å². The van der Waals surface area contributed by atoms with Crippen molar-refractivity contribution in [2.24, 2.45) is 11.8 Å². The smallest absolute Gasteiger partial charge is 0.409 e. The molecule has 0 aromatic heterocycles. The lowest BCUT2D eigenvalue weighted by molar-refractivity contribution is -0.143. The molecule has 1 saturated carbocycles. The molecule has 2 rings (SSSR count). The number of benzene rings is 1. The Bertz CT molecular complexity index is 509. The molecule has 0 heterocycles. The number of carboxylic acids is 1. The molecule has 1 aliphatic rings. The van der Waals surface area contributed by atoms with E-state index in [2.05, 4.69) is 0 Å². The third-order valence-electron chi connectivity index (χ3n) is 4.59. The topological polar surface area (TPSA) is 66.8 Å². The third-order valence-corrected chi connectivity index (χ3v) is 4.59. The van der Waals surface area contributed by atoms with E-state index in [9.17, 15) is 9.59 Å². The molecule has 0 aliphatic heterocycles. The molecular weight excluding hydrogens is 294 g/mol. The van der Waals surface area contributed by atoms with Crippen LogP contribution >= 0.6 is 0 Å². The Balaban J connectivity index is 1.65. The van der Waals surface area contributed by atoms with E-state index in [-0.39, 0.29) is 18.6 Å². The van der Waals surface area contributed by atoms with Crippen molar-refractivity contribution >= 4 is 12.1 Å². The van der Waals surface area contributed by atoms with Gasteiger partial charge in [-0.05, 0) is 43.6 Å². The van der Waals surface area contributed by atoms with E-state index in [1.54, 1.807) is 11.9 Å². The summed E-state index contributed by atoms with van der Waals surface area (Å²) in [4.78, 5) is 24.5. The minimum atomic E-state index is -0.676. The molecule has 5 nitrogen and oxygen atoms in total. The number of carboxylic acid groups (broad SMARTS) is 1. The van der Waals surface area contributed by atoms with Crippen LogP contribution in [0.15, 0.2) is 30.3 Å². The van der Waals surface area contributed by atoms with Gasteiger partial charge in [-0.2, -0.15) is 0 Å². The van der Waals surface area contributed by atoms with Crippen LogP contribution in [0.2, 0.25) is 0 Å². The van der Waals surface area contributed by atoms with Gasteiger partial charge >= 0.3 is 12.1 Å². The van der Waals surface area contributed by atoms with Crippen molar-refractivity contribution in [3.05, 3.63) is 35.9 Å². The number of amides is 1. The first-order valence-corrected chi connectivity index (χ1v) is 8.21. The van der Waals surface area contributed by atoms with E-state index in [0.29, 0.717) is 12.5 Å². The van der Waals surface area contributed by atoms with Crippen molar-refractivity contribution < 1.29 is 19.4 Å². The van der Waals surface area contributed by atoms with E-state index in [1.807, 2.05) is 30.3 Å². The van der Waals surface area contributed by atoms with Crippen molar-refractivity contribution in [1.29, 1.82) is 0 Å². The van der Waals surface area contributed by atoms with Crippen LogP contribution in [-0.4, -0.2) is 35.7 Å². The largest absolute Gasteiger partial charge is 0.481 e. The first-order valence-electron chi connectivity index (χ1n) is 8.21. The molecule has 1 aromatic rings. The second-order valence-corrected chi connectivity index (χ2v) is 6.31. The van der Waals surface area contributed by atoms with Gasteiger partial charge in [0.25, 0.3) is 0 Å². The minimum absolute atomic E-state index is 0.181. The predicted molar refractivity (Wildman–Crippen MR) is 87.0 cm³/mol. The number of aliphatic carboxylic acids is 1. The van der Waals surface area contributed by atoms with Crippen LogP contribution in [0, 0.1) is 11.8 Å². The van der Waals surface area contributed by atoms with Gasteiger partial charge in [-0.25, -0.2) is 4.79 Å². The van der Waals surface area contributed by atoms with Crippen molar-refractivity contribution in [3.8, 4) is 0 Å². The summed E-state index contributed by atoms with van der Waals surface area (Å²) in [5.41, 5.74) is 0.973. The summed E-state index contributed by atoms with van der Waals surface area (Å²) in [7, 11) is 1.75. The van der Waals surface area contributed by atoms with Gasteiger partial charge in [-0.15, -0.1) is 0 Å². The predicted octanol–water partition coefficient (Wildman–Crippen LogP) is 3.54. The molecular formula is C18H25NO4. The average molecular weight is 319 g/mol. The van der Waals surface area contributed by atoms with Gasteiger partial charge in [-0.1, -0.05) is 30.3 Å². The Labute approximate surface area is 137 Å². The van der Waals surface area contributed by atoms with Crippen molar-refractivity contribution in [2.75, 3.05) is 13.6 Å². The first-order chi connectivity index (χ1) is 11.1. The molecule has 1 fully saturated rings. The first kappa shape index (κ1) is 17.3. The molecule has 1 amide bonds. The fraction of sp³-hybridized carbons (Fsp3) is 0.556. The molecule has 0 atom stereocenters. The van der Waals surface area contributed by atoms with Gasteiger partial charge in [-0.3, -0.25) is 4.79 Å². The van der Waals surface area contributed by atoms with Crippen LogP contribution in [0.25, 0.3) is 0 Å². The maximum absolute atomic E-state index is 12.0. The van der Waals surface area contributed by atoms with Crippen LogP contribution in [-0.2, 0) is 16.1 Å². The maximum atomic E-state index is 12.0. The molecule has 1 aliphatic carbocycles. The second-order valence-electron chi connectivity index (χ2n) is 6.31. The molecule has 23 heavy (non-hydrogen) atoms. The quantitative estimate of drug-likeness (QED) is 0.871. The summed E-state index contributed by atoms with van der Waals surface area (Å²) in [6.07, 6.45) is 3.97. The van der Waals surface area contributed by atoms with E-state index >= 15 is 0 Å². The maximum Gasteiger partial charge on any atom is 0.409 e. The lowest BCUT2D eigenvalue weighted by atomic mass is 9.80. The summed E-state index contributed by atoms with van der Waals surface area (Å²) < 4.78 is 5.29. The Morgan fingerprint density at radius 1 is 1.17 bits per heavy atom. The van der Waals surface area contributed by atoms with Gasteiger partial charge in [0.15, 0.2) is 0 Å². The summed E-state index contributed by atoms with van der Waals surface area (Å²) in [6, 6.07) is 9.61. The fourth-order valence-corrected chi connectivity index (χ4v) is 3.00. The molecule has 0 unspecified atom stereocenters. The Morgan fingerprint density at radius 3 is 2.43 bits per heavy atom. The second kappa shape index (κ2) is 8.56. The molecule has 1 N–H and O–H groups in total. The van der Waals surface area contributed by atoms with Crippen LogP contribution < -0.4 is 0 Å². The summed E-state index contributed by atoms with van der Waals surface area (Å²) >= 11 is 0. The average Bonchev–Trinajstić information content (AvgIpc) is 2.58. The number of hydrogen-bond acceptors (Lipinski definition) is 3. The summed E-state index contributed by atoms with van der Waals surface area (Å²) in [5.74, 6) is -0.347. The number of hydrogen-bond donors (Lipinski definition) is 1. The van der Waals surface area contributed by atoms with E-state index < -0.39 is 5.97 Å². The van der Waals surface area contributed by atoms with Gasteiger partial charge in [0.05, 0.1) is 5.92 Å². The lowest BCUT2D eigenvalue weighted by Gasteiger charge is -2.27. The van der Waals surface area contributed by atoms with Crippen molar-refractivity contribution in [3.63, 3.8) is 0 Å². The van der Waals surface area contributed by atoms with Crippen LogP contribution in [0.5, 0.6) is 0 Å². The van der Waals surface area contributed by atoms with Gasteiger partial charge in [0.1, 0.15) is 6.61 Å². The number of carbonyl (C=O) groups excluding carboxylic acids is 1. The number of carbonyl (C=O) groups is 2. The third kappa shape index (κ3) is 5.58. The van der Waals surface area contributed by atoms with Gasteiger partial charge in [0.2, 0.25) is 0 Å². The van der Waals surface area contributed by atoms with E-state index in [0.717, 1.165) is 37.7 Å². The molecule has 1 aromatic carbocycles. The van der Waals surface area contributed by atoms with Crippen LogP contribution in [0.4, 0.5) is 4.79 Å². The highest BCUT2D eigenvalue weighted by Crippen LogP contribution is 2.30. The summed E-state index contributed by atoms with van der Waals surface area (Å²) in [5, 5.41) is 9.00. The minimum Gasteiger partial charge on any atom is -0.481 e. The van der Waals surface area contributed by atoms with E-state index in [4.69, 9.17) is 9.84 Å². The SMILES string of the molecule is CN(CCC1CCC(C(=O)O)CC1)C(=O)OCc1ccccc1. The fourth-order valence-electron chi connectivity index (χ4n) is 3.00. The zero-order valence-electron chi connectivity index (χ0n) is 13.6. The molecule has 126 valence electrons. The zero-order valence-corrected chi connectivity index (χ0v) is 13.6. The Hall–Kier alpha value is -2.04. The molecule has 5 heteroatoms. The van der Waals surface area contributed by atoms with Crippen LogP contribution in [0.1, 0.15) is 37.7 Å². The Morgan fingerprint density at radius 2 is 1.83 bits per heavy atom. The molecule has 0 spiro atoms. The molecule has 0 saturated heterocycles. The zero-order chi connectivity index (χ0) is 16.7.